The van der Waals surface area contributed by atoms with Gasteiger partial charge in [0.05, 0.1) is 18.8 Å². The molecule has 0 radical (unpaired) electrons. The van der Waals surface area contributed by atoms with E-state index in [2.05, 4.69) is 0 Å². The van der Waals surface area contributed by atoms with Gasteiger partial charge < -0.3 is 9.84 Å². The predicted molar refractivity (Wildman–Crippen MR) is 76.5 cm³/mol. The van der Waals surface area contributed by atoms with E-state index < -0.39 is 18.0 Å². The van der Waals surface area contributed by atoms with Gasteiger partial charge in [-0.25, -0.2) is 9.18 Å². The number of aliphatic hydroxyl groups is 1. The van der Waals surface area contributed by atoms with E-state index in [1.54, 1.807) is 12.1 Å². The lowest BCUT2D eigenvalue weighted by atomic mass is 10.0. The summed E-state index contributed by atoms with van der Waals surface area (Å²) >= 11 is 0. The number of hydrogen-bond acceptors (Lipinski definition) is 3. The second kappa shape index (κ2) is 5.54. The molecule has 1 N–H and O–H groups in total. The van der Waals surface area contributed by atoms with Crippen molar-refractivity contribution in [2.75, 3.05) is 18.1 Å². The zero-order valence-electron chi connectivity index (χ0n) is 11.2. The third-order valence-corrected chi connectivity index (χ3v) is 3.43. The summed E-state index contributed by atoms with van der Waals surface area (Å²) < 4.78 is 19.2. The highest BCUT2D eigenvalue weighted by Gasteiger charge is 2.32. The minimum Gasteiger partial charge on any atom is -0.441 e. The van der Waals surface area contributed by atoms with Crippen LogP contribution in [-0.2, 0) is 4.74 Å². The average molecular weight is 287 g/mol. The van der Waals surface area contributed by atoms with Crippen LogP contribution < -0.4 is 4.90 Å². The van der Waals surface area contributed by atoms with Gasteiger partial charge in [-0.15, -0.1) is 0 Å². The van der Waals surface area contributed by atoms with Crippen LogP contribution in [0.5, 0.6) is 0 Å². The van der Waals surface area contributed by atoms with Crippen molar-refractivity contribution in [3.05, 3.63) is 54.3 Å². The van der Waals surface area contributed by atoms with Gasteiger partial charge in [0.2, 0.25) is 0 Å². The number of carbonyl (C=O) groups is 1. The Morgan fingerprint density at radius 3 is 2.62 bits per heavy atom. The number of carbonyl (C=O) groups excluding carboxylic acids is 1. The first-order valence-corrected chi connectivity index (χ1v) is 6.63. The SMILES string of the molecule is O=C1O[C@@H](CO)CN1c1ccc(-c2ccccc2)c(F)c1. The molecular formula is C16H14FNO3. The number of halogens is 1. The lowest BCUT2D eigenvalue weighted by molar-refractivity contribution is 0.0963. The molecule has 0 aromatic heterocycles. The minimum atomic E-state index is -0.569. The Morgan fingerprint density at radius 1 is 1.24 bits per heavy atom. The molecule has 1 aliphatic heterocycles. The van der Waals surface area contributed by atoms with Gasteiger partial charge in [0.15, 0.2) is 0 Å². The smallest absolute Gasteiger partial charge is 0.414 e. The first-order chi connectivity index (χ1) is 10.2. The second-order valence-corrected chi connectivity index (χ2v) is 4.83. The Kier molecular flexibility index (Phi) is 3.58. The van der Waals surface area contributed by atoms with Gasteiger partial charge >= 0.3 is 6.09 Å². The molecule has 0 bridgehead atoms. The highest BCUT2D eigenvalue weighted by Crippen LogP contribution is 2.28. The summed E-state index contributed by atoms with van der Waals surface area (Å²) in [5.41, 5.74) is 1.68. The topological polar surface area (TPSA) is 49.8 Å². The Morgan fingerprint density at radius 2 is 2.00 bits per heavy atom. The number of anilines is 1. The van der Waals surface area contributed by atoms with Crippen molar-refractivity contribution in [1.29, 1.82) is 0 Å². The molecule has 1 fully saturated rings. The third-order valence-electron chi connectivity index (χ3n) is 3.43. The minimum absolute atomic E-state index is 0.222. The number of nitrogens with zero attached hydrogens (tertiary/aromatic N) is 1. The summed E-state index contributed by atoms with van der Waals surface area (Å²) in [5.74, 6) is -0.404. The molecule has 21 heavy (non-hydrogen) atoms. The number of amides is 1. The molecule has 1 saturated heterocycles. The highest BCUT2D eigenvalue weighted by molar-refractivity contribution is 5.90. The van der Waals surface area contributed by atoms with Crippen molar-refractivity contribution in [1.82, 2.24) is 0 Å². The van der Waals surface area contributed by atoms with Crippen LogP contribution in [-0.4, -0.2) is 30.5 Å². The van der Waals surface area contributed by atoms with E-state index in [-0.39, 0.29) is 13.2 Å². The van der Waals surface area contributed by atoms with Crippen LogP contribution in [0.25, 0.3) is 11.1 Å². The van der Waals surface area contributed by atoms with Gasteiger partial charge in [-0.1, -0.05) is 30.3 Å². The molecule has 1 aliphatic rings. The summed E-state index contributed by atoms with van der Waals surface area (Å²) in [6.07, 6.45) is -1.13. The van der Waals surface area contributed by atoms with Crippen LogP contribution in [0.1, 0.15) is 0 Å². The lowest BCUT2D eigenvalue weighted by Gasteiger charge is -2.14. The van der Waals surface area contributed by atoms with Crippen LogP contribution >= 0.6 is 0 Å². The fourth-order valence-electron chi connectivity index (χ4n) is 2.35. The average Bonchev–Trinajstić information content (AvgIpc) is 2.89. The van der Waals surface area contributed by atoms with E-state index in [9.17, 15) is 9.18 Å². The maximum atomic E-state index is 14.3. The molecule has 0 spiro atoms. The Bertz CT molecular complexity index is 660. The molecule has 0 aliphatic carbocycles. The zero-order valence-corrected chi connectivity index (χ0v) is 11.2. The highest BCUT2D eigenvalue weighted by atomic mass is 19.1. The quantitative estimate of drug-likeness (QED) is 0.944. The van der Waals surface area contributed by atoms with Crippen molar-refractivity contribution >= 4 is 11.8 Å². The lowest BCUT2D eigenvalue weighted by Crippen LogP contribution is -2.25. The van der Waals surface area contributed by atoms with Crippen molar-refractivity contribution in [3.63, 3.8) is 0 Å². The van der Waals surface area contributed by atoms with Gasteiger partial charge in [-0.2, -0.15) is 0 Å². The number of benzene rings is 2. The number of cyclic esters (lactones) is 1. The molecule has 2 aromatic carbocycles. The first kappa shape index (κ1) is 13.6. The van der Waals surface area contributed by atoms with E-state index in [1.165, 1.54) is 11.0 Å². The maximum absolute atomic E-state index is 14.3. The fraction of sp³-hybridized carbons (Fsp3) is 0.188. The molecule has 1 heterocycles. The largest absolute Gasteiger partial charge is 0.441 e. The summed E-state index contributed by atoms with van der Waals surface area (Å²) in [4.78, 5) is 13.0. The Hall–Kier alpha value is -2.40. The van der Waals surface area contributed by atoms with Gasteiger partial charge in [0.1, 0.15) is 11.9 Å². The summed E-state index contributed by atoms with van der Waals surface area (Å²) in [6, 6.07) is 13.8. The van der Waals surface area contributed by atoms with Crippen LogP contribution in [0, 0.1) is 5.82 Å². The van der Waals surface area contributed by atoms with E-state index in [4.69, 9.17) is 9.84 Å². The Labute approximate surface area is 121 Å². The summed E-state index contributed by atoms with van der Waals surface area (Å²) in [6.45, 7) is -0.0215. The molecular weight excluding hydrogens is 273 g/mol. The molecule has 0 unspecified atom stereocenters. The fourth-order valence-corrected chi connectivity index (χ4v) is 2.35. The third kappa shape index (κ3) is 2.60. The van der Waals surface area contributed by atoms with Crippen molar-refractivity contribution in [2.45, 2.75) is 6.10 Å². The monoisotopic (exact) mass is 287 g/mol. The van der Waals surface area contributed by atoms with Crippen LogP contribution in [0.3, 0.4) is 0 Å². The molecule has 2 aromatic rings. The van der Waals surface area contributed by atoms with Gasteiger partial charge in [0, 0.05) is 5.56 Å². The van der Waals surface area contributed by atoms with E-state index in [0.29, 0.717) is 11.3 Å². The second-order valence-electron chi connectivity index (χ2n) is 4.83. The maximum Gasteiger partial charge on any atom is 0.414 e. The van der Waals surface area contributed by atoms with Gasteiger partial charge in [0.25, 0.3) is 0 Å². The van der Waals surface area contributed by atoms with Crippen LogP contribution in [0.4, 0.5) is 14.9 Å². The van der Waals surface area contributed by atoms with E-state index >= 15 is 0 Å². The van der Waals surface area contributed by atoms with Gasteiger partial charge in [-0.05, 0) is 23.8 Å². The van der Waals surface area contributed by atoms with Crippen molar-refractivity contribution in [2.24, 2.45) is 0 Å². The molecule has 3 rings (SSSR count). The molecule has 1 atom stereocenters. The van der Waals surface area contributed by atoms with E-state index in [1.807, 2.05) is 30.3 Å². The number of rotatable bonds is 3. The number of ether oxygens (including phenoxy) is 1. The van der Waals surface area contributed by atoms with Crippen LogP contribution in [0.2, 0.25) is 0 Å². The molecule has 1 amide bonds. The van der Waals surface area contributed by atoms with E-state index in [0.717, 1.165) is 5.56 Å². The van der Waals surface area contributed by atoms with Crippen molar-refractivity contribution < 1.29 is 19.0 Å². The summed E-state index contributed by atoms with van der Waals surface area (Å²) in [7, 11) is 0. The first-order valence-electron chi connectivity index (χ1n) is 6.63. The normalized spacial score (nSPS) is 17.9. The number of aliphatic hydroxyl groups excluding tert-OH is 1. The molecule has 4 nitrogen and oxygen atoms in total. The standard InChI is InChI=1S/C16H14FNO3/c17-15-8-12(18-9-13(10-19)21-16(18)20)6-7-14(15)11-4-2-1-3-5-11/h1-8,13,19H,9-10H2/t13-/m1/s1. The van der Waals surface area contributed by atoms with Crippen molar-refractivity contribution in [3.8, 4) is 11.1 Å². The zero-order chi connectivity index (χ0) is 14.8. The summed E-state index contributed by atoms with van der Waals surface area (Å²) in [5, 5.41) is 9.02. The van der Waals surface area contributed by atoms with Crippen LogP contribution in [0.15, 0.2) is 48.5 Å². The molecule has 5 heteroatoms. The molecule has 0 saturated carbocycles. The predicted octanol–water partition coefficient (Wildman–Crippen LogP) is 2.81. The Balaban J connectivity index is 1.90. The van der Waals surface area contributed by atoms with Gasteiger partial charge in [-0.3, -0.25) is 4.90 Å². The number of hydrogen-bond donors (Lipinski definition) is 1. The molecule has 108 valence electrons.